The Labute approximate surface area is 150 Å². The lowest BCUT2D eigenvalue weighted by atomic mass is 10.2. The molecule has 1 heterocycles. The molecule has 0 saturated carbocycles. The maximum atomic E-state index is 12.0. The molecule has 0 radical (unpaired) electrons. The lowest BCUT2D eigenvalue weighted by molar-refractivity contribution is -0.116. The highest BCUT2D eigenvalue weighted by Crippen LogP contribution is 2.26. The number of methoxy groups -OCH3 is 1. The fourth-order valence-electron chi connectivity index (χ4n) is 2.36. The van der Waals surface area contributed by atoms with Crippen molar-refractivity contribution < 1.29 is 14.3 Å². The molecule has 0 bridgehead atoms. The number of anilines is 1. The quantitative estimate of drug-likeness (QED) is 0.637. The van der Waals surface area contributed by atoms with E-state index in [0.29, 0.717) is 24.6 Å². The summed E-state index contributed by atoms with van der Waals surface area (Å²) < 4.78 is 11.8. The molecule has 0 saturated heterocycles. The zero-order chi connectivity index (χ0) is 17.6. The monoisotopic (exact) mass is 356 g/mol. The van der Waals surface area contributed by atoms with E-state index in [1.165, 1.54) is 16.9 Å². The van der Waals surface area contributed by atoms with Crippen molar-refractivity contribution in [1.82, 2.24) is 4.98 Å². The van der Waals surface area contributed by atoms with Gasteiger partial charge in [-0.2, -0.15) is 0 Å². The van der Waals surface area contributed by atoms with E-state index in [0.717, 1.165) is 21.7 Å². The summed E-state index contributed by atoms with van der Waals surface area (Å²) in [5.74, 6) is 1.51. The van der Waals surface area contributed by atoms with Gasteiger partial charge in [0.1, 0.15) is 11.5 Å². The molecular weight excluding hydrogens is 336 g/mol. The first-order valence-corrected chi connectivity index (χ1v) is 8.89. The van der Waals surface area contributed by atoms with Crippen molar-refractivity contribution in [2.75, 3.05) is 19.0 Å². The van der Waals surface area contributed by atoms with Gasteiger partial charge in [-0.05, 0) is 55.3 Å². The van der Waals surface area contributed by atoms with Crippen molar-refractivity contribution in [2.24, 2.45) is 0 Å². The zero-order valence-electron chi connectivity index (χ0n) is 14.2. The number of benzene rings is 2. The maximum absolute atomic E-state index is 12.0. The number of amides is 1. The van der Waals surface area contributed by atoms with E-state index < -0.39 is 0 Å². The summed E-state index contributed by atoms with van der Waals surface area (Å²) >= 11 is 1.49. The van der Waals surface area contributed by atoms with Crippen molar-refractivity contribution in [3.63, 3.8) is 0 Å². The number of aryl methyl sites for hydroxylation is 1. The van der Waals surface area contributed by atoms with Gasteiger partial charge in [0, 0.05) is 6.42 Å². The van der Waals surface area contributed by atoms with Gasteiger partial charge in [0.05, 0.1) is 23.9 Å². The smallest absolute Gasteiger partial charge is 0.226 e. The number of fused-ring (bicyclic) bond motifs is 1. The SMILES string of the molecule is COc1ccc(OCCCC(=O)Nc2nc3ccc(C)cc3s2)cc1. The number of hydrogen-bond donors (Lipinski definition) is 1. The van der Waals surface area contributed by atoms with Crippen LogP contribution in [-0.2, 0) is 4.79 Å². The topological polar surface area (TPSA) is 60.5 Å². The molecular formula is C19H20N2O3S. The number of carbonyl (C=O) groups is 1. The van der Waals surface area contributed by atoms with Gasteiger partial charge < -0.3 is 14.8 Å². The van der Waals surface area contributed by atoms with Crippen LogP contribution < -0.4 is 14.8 Å². The summed E-state index contributed by atoms with van der Waals surface area (Å²) in [6, 6.07) is 13.5. The lowest BCUT2D eigenvalue weighted by Crippen LogP contribution is -2.12. The normalized spacial score (nSPS) is 10.6. The van der Waals surface area contributed by atoms with E-state index in [9.17, 15) is 4.79 Å². The first-order valence-electron chi connectivity index (χ1n) is 8.08. The van der Waals surface area contributed by atoms with Crippen LogP contribution in [0, 0.1) is 6.92 Å². The number of nitrogens with zero attached hydrogens (tertiary/aromatic N) is 1. The summed E-state index contributed by atoms with van der Waals surface area (Å²) in [4.78, 5) is 16.5. The van der Waals surface area contributed by atoms with Crippen LogP contribution in [0.15, 0.2) is 42.5 Å². The molecule has 1 aromatic heterocycles. The first-order chi connectivity index (χ1) is 12.1. The fraction of sp³-hybridized carbons (Fsp3) is 0.263. The number of hydrogen-bond acceptors (Lipinski definition) is 5. The fourth-order valence-corrected chi connectivity index (χ4v) is 3.34. The largest absolute Gasteiger partial charge is 0.497 e. The van der Waals surface area contributed by atoms with E-state index >= 15 is 0 Å². The average molecular weight is 356 g/mol. The van der Waals surface area contributed by atoms with Gasteiger partial charge in [-0.1, -0.05) is 17.4 Å². The minimum absolute atomic E-state index is 0.0471. The van der Waals surface area contributed by atoms with Gasteiger partial charge >= 0.3 is 0 Å². The number of ether oxygens (including phenoxy) is 2. The van der Waals surface area contributed by atoms with Crippen LogP contribution in [0.3, 0.4) is 0 Å². The van der Waals surface area contributed by atoms with Crippen molar-refractivity contribution in [2.45, 2.75) is 19.8 Å². The van der Waals surface area contributed by atoms with Crippen molar-refractivity contribution in [3.05, 3.63) is 48.0 Å². The molecule has 5 nitrogen and oxygen atoms in total. The second-order valence-electron chi connectivity index (χ2n) is 5.67. The minimum Gasteiger partial charge on any atom is -0.497 e. The Kier molecular flexibility index (Phi) is 5.50. The Balaban J connectivity index is 1.44. The number of nitrogens with one attached hydrogen (secondary N) is 1. The molecule has 0 aliphatic rings. The van der Waals surface area contributed by atoms with E-state index in [4.69, 9.17) is 9.47 Å². The molecule has 0 atom stereocenters. The highest BCUT2D eigenvalue weighted by atomic mass is 32.1. The molecule has 25 heavy (non-hydrogen) atoms. The summed E-state index contributed by atoms with van der Waals surface area (Å²) in [5.41, 5.74) is 2.10. The van der Waals surface area contributed by atoms with Gasteiger partial charge in [0.2, 0.25) is 5.91 Å². The molecule has 0 unspecified atom stereocenters. The van der Waals surface area contributed by atoms with Gasteiger partial charge in [-0.25, -0.2) is 4.98 Å². The minimum atomic E-state index is -0.0471. The highest BCUT2D eigenvalue weighted by molar-refractivity contribution is 7.22. The molecule has 0 aliphatic carbocycles. The third-order valence-corrected chi connectivity index (χ3v) is 4.60. The third-order valence-electron chi connectivity index (χ3n) is 3.67. The second-order valence-corrected chi connectivity index (χ2v) is 6.70. The van der Waals surface area contributed by atoms with Gasteiger partial charge in [0.15, 0.2) is 5.13 Å². The highest BCUT2D eigenvalue weighted by Gasteiger charge is 2.08. The predicted molar refractivity (Wildman–Crippen MR) is 101 cm³/mol. The molecule has 130 valence electrons. The van der Waals surface area contributed by atoms with E-state index in [1.54, 1.807) is 7.11 Å². The predicted octanol–water partition coefficient (Wildman–Crippen LogP) is 4.41. The molecule has 1 amide bonds. The van der Waals surface area contributed by atoms with Crippen molar-refractivity contribution in [3.8, 4) is 11.5 Å². The van der Waals surface area contributed by atoms with Crippen molar-refractivity contribution in [1.29, 1.82) is 0 Å². The Bertz CT molecular complexity index is 859. The third kappa shape index (κ3) is 4.70. The Hall–Kier alpha value is -2.60. The van der Waals surface area contributed by atoms with E-state index in [2.05, 4.69) is 16.4 Å². The summed E-state index contributed by atoms with van der Waals surface area (Å²) in [7, 11) is 1.63. The maximum Gasteiger partial charge on any atom is 0.226 e. The summed E-state index contributed by atoms with van der Waals surface area (Å²) in [6.07, 6.45) is 1.03. The van der Waals surface area contributed by atoms with Crippen LogP contribution in [-0.4, -0.2) is 24.6 Å². The van der Waals surface area contributed by atoms with Gasteiger partial charge in [-0.3, -0.25) is 4.79 Å². The molecule has 0 aliphatic heterocycles. The number of aromatic nitrogens is 1. The van der Waals surface area contributed by atoms with Crippen LogP contribution in [0.4, 0.5) is 5.13 Å². The average Bonchev–Trinajstić information content (AvgIpc) is 3.00. The lowest BCUT2D eigenvalue weighted by Gasteiger charge is -2.07. The van der Waals surface area contributed by atoms with E-state index in [1.807, 2.05) is 43.3 Å². The number of rotatable bonds is 7. The first kappa shape index (κ1) is 17.2. The Morgan fingerprint density at radius 1 is 1.16 bits per heavy atom. The standard InChI is InChI=1S/C19H20N2O3S/c1-13-5-10-16-17(12-13)25-19(20-16)21-18(22)4-3-11-24-15-8-6-14(23-2)7-9-15/h5-10,12H,3-4,11H2,1-2H3,(H,20,21,22). The van der Waals surface area contributed by atoms with Crippen LogP contribution in [0.1, 0.15) is 18.4 Å². The van der Waals surface area contributed by atoms with Gasteiger partial charge in [0.25, 0.3) is 0 Å². The van der Waals surface area contributed by atoms with Crippen LogP contribution >= 0.6 is 11.3 Å². The van der Waals surface area contributed by atoms with Crippen LogP contribution in [0.2, 0.25) is 0 Å². The van der Waals surface area contributed by atoms with Gasteiger partial charge in [-0.15, -0.1) is 0 Å². The molecule has 6 heteroatoms. The van der Waals surface area contributed by atoms with Crippen LogP contribution in [0.25, 0.3) is 10.2 Å². The second kappa shape index (κ2) is 7.98. The molecule has 0 spiro atoms. The zero-order valence-corrected chi connectivity index (χ0v) is 15.1. The molecule has 2 aromatic carbocycles. The number of thiazole rings is 1. The summed E-state index contributed by atoms with van der Waals surface area (Å²) in [5, 5.41) is 3.50. The Morgan fingerprint density at radius 2 is 1.92 bits per heavy atom. The molecule has 1 N–H and O–H groups in total. The van der Waals surface area contributed by atoms with Crippen LogP contribution in [0.5, 0.6) is 11.5 Å². The van der Waals surface area contributed by atoms with Crippen molar-refractivity contribution >= 4 is 32.6 Å². The molecule has 0 fully saturated rings. The number of carbonyl (C=O) groups excluding carboxylic acids is 1. The Morgan fingerprint density at radius 3 is 2.68 bits per heavy atom. The summed E-state index contributed by atoms with van der Waals surface area (Å²) in [6.45, 7) is 2.53. The molecule has 3 rings (SSSR count). The van der Waals surface area contributed by atoms with E-state index in [-0.39, 0.29) is 5.91 Å². The molecule has 3 aromatic rings.